The molecular formula is C8H16N2S2. The zero-order valence-corrected chi connectivity index (χ0v) is 8.92. The third-order valence-corrected chi connectivity index (χ3v) is 3.97. The number of hydrogen-bond acceptors (Lipinski definition) is 4. The summed E-state index contributed by atoms with van der Waals surface area (Å²) in [4.78, 5) is 4.37. The molecule has 2 nitrogen and oxygen atoms in total. The van der Waals surface area contributed by atoms with Gasteiger partial charge in [0.25, 0.3) is 0 Å². The van der Waals surface area contributed by atoms with Gasteiger partial charge in [-0.15, -0.1) is 0 Å². The Kier molecular flexibility index (Phi) is 5.90. The number of thioether (sulfide) groups is 2. The van der Waals surface area contributed by atoms with Gasteiger partial charge in [-0.05, 0) is 25.1 Å². The lowest BCUT2D eigenvalue weighted by atomic mass is 10.2. The topological polar surface area (TPSA) is 38.4 Å². The molecule has 1 rings (SSSR count). The van der Waals surface area contributed by atoms with Gasteiger partial charge in [0.05, 0.1) is 6.54 Å². The Hall–Kier alpha value is 0.330. The van der Waals surface area contributed by atoms with Crippen LogP contribution in [-0.4, -0.2) is 29.0 Å². The predicted octanol–water partition coefficient (Wildman–Crippen LogP) is 1.95. The van der Waals surface area contributed by atoms with Gasteiger partial charge in [0.1, 0.15) is 4.38 Å². The molecule has 1 aliphatic heterocycles. The van der Waals surface area contributed by atoms with E-state index in [2.05, 4.69) is 4.99 Å². The average molecular weight is 204 g/mol. The summed E-state index contributed by atoms with van der Waals surface area (Å²) in [5.74, 6) is 2.40. The van der Waals surface area contributed by atoms with Crippen molar-refractivity contribution in [3.8, 4) is 0 Å². The van der Waals surface area contributed by atoms with Gasteiger partial charge in [-0.2, -0.15) is 0 Å². The molecule has 0 aromatic heterocycles. The van der Waals surface area contributed by atoms with E-state index in [1.165, 1.54) is 35.1 Å². The summed E-state index contributed by atoms with van der Waals surface area (Å²) in [7, 11) is 0. The molecule has 0 aliphatic carbocycles. The Balaban J connectivity index is 1.88. The largest absolute Gasteiger partial charge is 0.330 e. The SMILES string of the molecule is NCCCCCSC1=NCCS1. The van der Waals surface area contributed by atoms with Crippen LogP contribution in [-0.2, 0) is 0 Å². The number of aliphatic imine (C=N–C) groups is 1. The molecule has 0 fully saturated rings. The number of nitrogens with two attached hydrogens (primary N) is 1. The molecule has 0 unspecified atom stereocenters. The second kappa shape index (κ2) is 6.80. The van der Waals surface area contributed by atoms with Crippen LogP contribution in [0.15, 0.2) is 4.99 Å². The minimum atomic E-state index is 0.834. The van der Waals surface area contributed by atoms with E-state index in [1.807, 2.05) is 23.5 Å². The van der Waals surface area contributed by atoms with Crippen molar-refractivity contribution in [3.05, 3.63) is 0 Å². The molecule has 0 aromatic carbocycles. The number of nitrogens with zero attached hydrogens (tertiary/aromatic N) is 1. The van der Waals surface area contributed by atoms with E-state index in [1.54, 1.807) is 0 Å². The van der Waals surface area contributed by atoms with Gasteiger partial charge in [0.2, 0.25) is 0 Å². The highest BCUT2D eigenvalue weighted by Gasteiger charge is 2.06. The highest BCUT2D eigenvalue weighted by molar-refractivity contribution is 8.39. The van der Waals surface area contributed by atoms with E-state index in [-0.39, 0.29) is 0 Å². The van der Waals surface area contributed by atoms with Crippen LogP contribution in [0.2, 0.25) is 0 Å². The fraction of sp³-hybridized carbons (Fsp3) is 0.875. The van der Waals surface area contributed by atoms with E-state index >= 15 is 0 Å². The first-order chi connectivity index (χ1) is 5.93. The normalized spacial score (nSPS) is 16.6. The molecule has 1 heterocycles. The van der Waals surface area contributed by atoms with Crippen LogP contribution in [0.25, 0.3) is 0 Å². The zero-order chi connectivity index (χ0) is 8.65. The number of hydrogen-bond donors (Lipinski definition) is 1. The highest BCUT2D eigenvalue weighted by Crippen LogP contribution is 2.22. The Bertz CT molecular complexity index is 148. The quantitative estimate of drug-likeness (QED) is 0.696. The summed E-state index contributed by atoms with van der Waals surface area (Å²) in [6, 6.07) is 0. The fourth-order valence-electron chi connectivity index (χ4n) is 0.985. The minimum absolute atomic E-state index is 0.834. The lowest BCUT2D eigenvalue weighted by molar-refractivity contribution is 0.733. The van der Waals surface area contributed by atoms with Crippen LogP contribution in [0, 0.1) is 0 Å². The summed E-state index contributed by atoms with van der Waals surface area (Å²) >= 11 is 3.80. The number of unbranched alkanes of at least 4 members (excludes halogenated alkanes) is 2. The molecule has 0 bridgehead atoms. The smallest absolute Gasteiger partial charge is 0.124 e. The molecule has 70 valence electrons. The molecule has 0 atom stereocenters. The van der Waals surface area contributed by atoms with Gasteiger partial charge in [-0.3, -0.25) is 4.99 Å². The summed E-state index contributed by atoms with van der Waals surface area (Å²) in [6.45, 7) is 1.86. The lowest BCUT2D eigenvalue weighted by Crippen LogP contribution is -1.98. The van der Waals surface area contributed by atoms with Crippen LogP contribution < -0.4 is 5.73 Å². The van der Waals surface area contributed by atoms with Crippen LogP contribution in [0.1, 0.15) is 19.3 Å². The van der Waals surface area contributed by atoms with Gasteiger partial charge < -0.3 is 5.73 Å². The Morgan fingerprint density at radius 1 is 1.42 bits per heavy atom. The Morgan fingerprint density at radius 3 is 3.00 bits per heavy atom. The first kappa shape index (κ1) is 10.4. The van der Waals surface area contributed by atoms with Crippen molar-refractivity contribution in [2.75, 3.05) is 24.6 Å². The van der Waals surface area contributed by atoms with Crippen LogP contribution >= 0.6 is 23.5 Å². The van der Waals surface area contributed by atoms with Crippen molar-refractivity contribution in [1.29, 1.82) is 0 Å². The van der Waals surface area contributed by atoms with Crippen LogP contribution in [0.5, 0.6) is 0 Å². The van der Waals surface area contributed by atoms with Gasteiger partial charge in [-0.25, -0.2) is 0 Å². The summed E-state index contributed by atoms with van der Waals surface area (Å²) in [6.07, 6.45) is 3.71. The molecule has 0 saturated carbocycles. The van der Waals surface area contributed by atoms with Gasteiger partial charge in [0, 0.05) is 5.75 Å². The maximum Gasteiger partial charge on any atom is 0.124 e. The Labute approximate surface area is 82.8 Å². The molecule has 0 radical (unpaired) electrons. The van der Waals surface area contributed by atoms with Crippen LogP contribution in [0.3, 0.4) is 0 Å². The summed E-state index contributed by atoms with van der Waals surface area (Å²) < 4.78 is 1.29. The first-order valence-corrected chi connectivity index (χ1v) is 6.40. The molecule has 12 heavy (non-hydrogen) atoms. The average Bonchev–Trinajstić information content (AvgIpc) is 2.57. The van der Waals surface area contributed by atoms with Crippen molar-refractivity contribution < 1.29 is 0 Å². The summed E-state index contributed by atoms with van der Waals surface area (Å²) in [5.41, 5.74) is 5.40. The van der Waals surface area contributed by atoms with E-state index in [0.717, 1.165) is 13.1 Å². The van der Waals surface area contributed by atoms with Gasteiger partial charge >= 0.3 is 0 Å². The molecule has 0 amide bonds. The maximum atomic E-state index is 5.40. The van der Waals surface area contributed by atoms with E-state index in [9.17, 15) is 0 Å². The standard InChI is InChI=1S/C8H16N2S2/c9-4-2-1-3-6-11-8-10-5-7-12-8/h1-7,9H2. The Morgan fingerprint density at radius 2 is 2.33 bits per heavy atom. The third-order valence-electron chi connectivity index (χ3n) is 1.63. The third kappa shape index (κ3) is 4.38. The van der Waals surface area contributed by atoms with E-state index < -0.39 is 0 Å². The first-order valence-electron chi connectivity index (χ1n) is 4.43. The molecule has 2 N–H and O–H groups in total. The van der Waals surface area contributed by atoms with Gasteiger partial charge in [0.15, 0.2) is 0 Å². The second-order valence-corrected chi connectivity index (χ2v) is 5.12. The predicted molar refractivity (Wildman–Crippen MR) is 60.1 cm³/mol. The van der Waals surface area contributed by atoms with Crippen molar-refractivity contribution in [2.24, 2.45) is 10.7 Å². The van der Waals surface area contributed by atoms with Crippen molar-refractivity contribution >= 4 is 27.9 Å². The minimum Gasteiger partial charge on any atom is -0.330 e. The van der Waals surface area contributed by atoms with E-state index in [0.29, 0.717) is 0 Å². The maximum absolute atomic E-state index is 5.40. The number of rotatable bonds is 5. The molecule has 4 heteroatoms. The monoisotopic (exact) mass is 204 g/mol. The second-order valence-electron chi connectivity index (χ2n) is 2.69. The highest BCUT2D eigenvalue weighted by atomic mass is 32.2. The fourth-order valence-corrected chi connectivity index (χ4v) is 3.06. The van der Waals surface area contributed by atoms with Gasteiger partial charge in [-0.1, -0.05) is 29.9 Å². The van der Waals surface area contributed by atoms with Crippen LogP contribution in [0.4, 0.5) is 0 Å². The molecule has 0 saturated heterocycles. The zero-order valence-electron chi connectivity index (χ0n) is 7.29. The van der Waals surface area contributed by atoms with E-state index in [4.69, 9.17) is 5.73 Å². The molecular weight excluding hydrogens is 188 g/mol. The van der Waals surface area contributed by atoms with Crippen molar-refractivity contribution in [3.63, 3.8) is 0 Å². The summed E-state index contributed by atoms with van der Waals surface area (Å²) in [5, 5.41) is 0. The van der Waals surface area contributed by atoms with Crippen molar-refractivity contribution in [2.45, 2.75) is 19.3 Å². The molecule has 0 aromatic rings. The molecule has 0 spiro atoms. The molecule has 1 aliphatic rings. The van der Waals surface area contributed by atoms with Crippen molar-refractivity contribution in [1.82, 2.24) is 0 Å². The lowest BCUT2D eigenvalue weighted by Gasteiger charge is -1.98.